The molecule has 1 atom stereocenters. The van der Waals surface area contributed by atoms with Crippen molar-refractivity contribution < 1.29 is 9.22 Å². The highest BCUT2D eigenvalue weighted by Crippen LogP contribution is 2.18. The molecule has 1 rings (SSSR count). The van der Waals surface area contributed by atoms with E-state index in [1.807, 2.05) is 0 Å². The van der Waals surface area contributed by atoms with Gasteiger partial charge in [-0.25, -0.2) is 0 Å². The second kappa shape index (κ2) is 1.71. The molecule has 1 fully saturated rings. The Balaban J connectivity index is 2.37. The first kappa shape index (κ1) is 6.05. The molecule has 48 valence electrons. The maximum Gasteiger partial charge on any atom is 0.217 e. The lowest BCUT2D eigenvalue weighted by atomic mass is 10.5. The zero-order chi connectivity index (χ0) is 6.20. The third-order valence-corrected chi connectivity index (χ3v) is 1.91. The Kier molecular flexibility index (Phi) is 1.29. The van der Waals surface area contributed by atoms with E-state index < -0.39 is 0 Å². The molecular formula is C6H14NO+. The highest BCUT2D eigenvalue weighted by Gasteiger charge is 2.38. The van der Waals surface area contributed by atoms with Gasteiger partial charge in [0.2, 0.25) is 6.23 Å². The van der Waals surface area contributed by atoms with Crippen LogP contribution in [0.5, 0.6) is 0 Å². The van der Waals surface area contributed by atoms with E-state index in [0.29, 0.717) is 6.23 Å². The largest absolute Gasteiger partial charge is 0.318 e. The summed E-state index contributed by atoms with van der Waals surface area (Å²) in [5, 5.41) is 0. The molecule has 0 aromatic carbocycles. The van der Waals surface area contributed by atoms with Gasteiger partial charge in [0.15, 0.2) is 0 Å². The van der Waals surface area contributed by atoms with Crippen LogP contribution in [0.1, 0.15) is 6.92 Å². The van der Waals surface area contributed by atoms with E-state index in [2.05, 4.69) is 21.0 Å². The molecule has 0 aromatic rings. The number of hydrogen-bond acceptors (Lipinski definition) is 1. The van der Waals surface area contributed by atoms with E-state index in [1.54, 1.807) is 0 Å². The summed E-state index contributed by atoms with van der Waals surface area (Å²) in [5.41, 5.74) is 0. The average molecular weight is 116 g/mol. The molecule has 1 heterocycles. The fraction of sp³-hybridized carbons (Fsp3) is 1.00. The van der Waals surface area contributed by atoms with Gasteiger partial charge < -0.3 is 9.22 Å². The molecule has 0 amide bonds. The third-order valence-electron chi connectivity index (χ3n) is 1.91. The molecule has 0 spiro atoms. The second-order valence-corrected chi connectivity index (χ2v) is 2.88. The van der Waals surface area contributed by atoms with Gasteiger partial charge in [0.1, 0.15) is 6.61 Å². The minimum absolute atomic E-state index is 0.500. The molecule has 0 bridgehead atoms. The Labute approximate surface area is 50.6 Å². The zero-order valence-corrected chi connectivity index (χ0v) is 5.85. The summed E-state index contributed by atoms with van der Waals surface area (Å²) in [7, 11) is 4.38. The highest BCUT2D eigenvalue weighted by atomic mass is 16.6. The maximum atomic E-state index is 5.14. The molecule has 2 nitrogen and oxygen atoms in total. The first-order valence-corrected chi connectivity index (χ1v) is 3.11. The van der Waals surface area contributed by atoms with Crippen molar-refractivity contribution in [3.8, 4) is 0 Å². The van der Waals surface area contributed by atoms with Crippen molar-refractivity contribution >= 4 is 0 Å². The first-order chi connectivity index (χ1) is 3.67. The molecule has 1 saturated heterocycles. The number of rotatable bonds is 2. The summed E-state index contributed by atoms with van der Waals surface area (Å²) in [6.07, 6.45) is 0.500. The van der Waals surface area contributed by atoms with E-state index >= 15 is 0 Å². The van der Waals surface area contributed by atoms with Gasteiger partial charge in [0.05, 0.1) is 20.6 Å². The lowest BCUT2D eigenvalue weighted by Gasteiger charge is -2.25. The monoisotopic (exact) mass is 116 g/mol. The summed E-state index contributed by atoms with van der Waals surface area (Å²) >= 11 is 0. The topological polar surface area (TPSA) is 12.5 Å². The van der Waals surface area contributed by atoms with Crippen LogP contribution in [-0.2, 0) is 4.74 Å². The van der Waals surface area contributed by atoms with Crippen LogP contribution in [0.25, 0.3) is 0 Å². The van der Waals surface area contributed by atoms with Crippen molar-refractivity contribution in [3.05, 3.63) is 0 Å². The molecule has 0 saturated carbocycles. The lowest BCUT2D eigenvalue weighted by molar-refractivity contribution is -0.908. The van der Waals surface area contributed by atoms with Crippen LogP contribution in [0.15, 0.2) is 0 Å². The molecule has 0 N–H and O–H groups in total. The van der Waals surface area contributed by atoms with Crippen LogP contribution in [0.3, 0.4) is 0 Å². The fourth-order valence-corrected chi connectivity index (χ4v) is 0.650. The molecule has 1 unspecified atom stereocenters. The number of hydrogen-bond donors (Lipinski definition) is 0. The van der Waals surface area contributed by atoms with Crippen molar-refractivity contribution in [3.63, 3.8) is 0 Å². The minimum Gasteiger partial charge on any atom is -0.318 e. The van der Waals surface area contributed by atoms with Crippen molar-refractivity contribution in [2.45, 2.75) is 13.2 Å². The standard InChI is InChI=1S/C6H14NO/c1-4-7(2,3)6-5-8-6/h6H,4-5H2,1-3H3/q+1. The van der Waals surface area contributed by atoms with Gasteiger partial charge in [-0.3, -0.25) is 0 Å². The van der Waals surface area contributed by atoms with Crippen LogP contribution in [0, 0.1) is 0 Å². The fourth-order valence-electron chi connectivity index (χ4n) is 0.650. The predicted molar refractivity (Wildman–Crippen MR) is 32.4 cm³/mol. The summed E-state index contributed by atoms with van der Waals surface area (Å²) in [5.74, 6) is 0. The summed E-state index contributed by atoms with van der Waals surface area (Å²) in [6, 6.07) is 0. The minimum atomic E-state index is 0.500. The van der Waals surface area contributed by atoms with Crippen LogP contribution < -0.4 is 0 Å². The summed E-state index contributed by atoms with van der Waals surface area (Å²) in [6.45, 7) is 4.30. The van der Waals surface area contributed by atoms with E-state index in [-0.39, 0.29) is 0 Å². The van der Waals surface area contributed by atoms with Crippen molar-refractivity contribution in [2.75, 3.05) is 27.2 Å². The van der Waals surface area contributed by atoms with E-state index in [9.17, 15) is 0 Å². The molecule has 0 radical (unpaired) electrons. The molecule has 0 aliphatic carbocycles. The summed E-state index contributed by atoms with van der Waals surface area (Å²) in [4.78, 5) is 0. The highest BCUT2D eigenvalue weighted by molar-refractivity contribution is 4.55. The second-order valence-electron chi connectivity index (χ2n) is 2.88. The first-order valence-electron chi connectivity index (χ1n) is 3.11. The quantitative estimate of drug-likeness (QED) is 0.377. The van der Waals surface area contributed by atoms with Gasteiger partial charge in [0.25, 0.3) is 0 Å². The number of nitrogens with zero attached hydrogens (tertiary/aromatic N) is 1. The Hall–Kier alpha value is -0.0800. The Morgan fingerprint density at radius 1 is 1.62 bits per heavy atom. The molecule has 1 aliphatic heterocycles. The van der Waals surface area contributed by atoms with Crippen LogP contribution >= 0.6 is 0 Å². The van der Waals surface area contributed by atoms with Crippen LogP contribution in [-0.4, -0.2) is 38.0 Å². The molecule has 1 aliphatic rings. The Bertz CT molecular complexity index is 86.5. The smallest absolute Gasteiger partial charge is 0.217 e. The number of likely N-dealkylation sites (N-methyl/N-ethyl adjacent to an activating group) is 1. The maximum absolute atomic E-state index is 5.14. The summed E-state index contributed by atoms with van der Waals surface area (Å²) < 4.78 is 6.15. The number of quaternary nitrogens is 1. The van der Waals surface area contributed by atoms with Gasteiger partial charge in [0, 0.05) is 0 Å². The van der Waals surface area contributed by atoms with Crippen LogP contribution in [0.2, 0.25) is 0 Å². The van der Waals surface area contributed by atoms with Gasteiger partial charge in [-0.2, -0.15) is 0 Å². The van der Waals surface area contributed by atoms with E-state index in [4.69, 9.17) is 4.74 Å². The predicted octanol–water partition coefficient (Wildman–Crippen LogP) is 0.439. The normalized spacial score (nSPS) is 28.1. The van der Waals surface area contributed by atoms with Gasteiger partial charge in [-0.1, -0.05) is 0 Å². The molecular weight excluding hydrogens is 102 g/mol. The molecule has 8 heavy (non-hydrogen) atoms. The van der Waals surface area contributed by atoms with Crippen LogP contribution in [0.4, 0.5) is 0 Å². The zero-order valence-electron chi connectivity index (χ0n) is 5.85. The van der Waals surface area contributed by atoms with E-state index in [0.717, 1.165) is 17.6 Å². The van der Waals surface area contributed by atoms with Gasteiger partial charge >= 0.3 is 0 Å². The Morgan fingerprint density at radius 2 is 2.12 bits per heavy atom. The SMILES string of the molecule is CC[N+](C)(C)C1CO1. The number of epoxide rings is 1. The van der Waals surface area contributed by atoms with Crippen molar-refractivity contribution in [1.29, 1.82) is 0 Å². The van der Waals surface area contributed by atoms with Crippen molar-refractivity contribution in [2.24, 2.45) is 0 Å². The van der Waals surface area contributed by atoms with E-state index in [1.165, 1.54) is 0 Å². The molecule has 2 heteroatoms. The lowest BCUT2D eigenvalue weighted by Crippen LogP contribution is -2.42. The average Bonchev–Trinajstić information content (AvgIpc) is 2.44. The number of ether oxygens (including phenoxy) is 1. The van der Waals surface area contributed by atoms with Gasteiger partial charge in [-0.05, 0) is 6.92 Å². The van der Waals surface area contributed by atoms with Crippen molar-refractivity contribution in [1.82, 2.24) is 0 Å². The van der Waals surface area contributed by atoms with Gasteiger partial charge in [-0.15, -0.1) is 0 Å². The Morgan fingerprint density at radius 3 is 2.25 bits per heavy atom. The molecule has 0 aromatic heterocycles. The third kappa shape index (κ3) is 1.01.